The van der Waals surface area contributed by atoms with Crippen LogP contribution in [0.5, 0.6) is 0 Å². The average molecular weight is 314 g/mol. The van der Waals surface area contributed by atoms with Crippen LogP contribution in [0.15, 0.2) is 35.0 Å². The summed E-state index contributed by atoms with van der Waals surface area (Å²) < 4.78 is 0. The first-order valence-corrected chi connectivity index (χ1v) is 8.08. The molecule has 0 saturated carbocycles. The molecule has 0 saturated heterocycles. The zero-order valence-corrected chi connectivity index (χ0v) is 13.5. The van der Waals surface area contributed by atoms with Gasteiger partial charge in [-0.25, -0.2) is 0 Å². The number of hydrogen-bond acceptors (Lipinski definition) is 5. The van der Waals surface area contributed by atoms with E-state index in [0.717, 1.165) is 40.7 Å². The SMILES string of the molecule is CCc1cccc(C)c1NC(=O)/C(C#N)=C\NC1=NCCS1. The summed E-state index contributed by atoms with van der Waals surface area (Å²) in [6, 6.07) is 7.80. The third kappa shape index (κ3) is 3.89. The summed E-state index contributed by atoms with van der Waals surface area (Å²) in [5.41, 5.74) is 2.84. The van der Waals surface area contributed by atoms with Gasteiger partial charge in [0, 0.05) is 17.6 Å². The van der Waals surface area contributed by atoms with Gasteiger partial charge < -0.3 is 10.6 Å². The summed E-state index contributed by atoms with van der Waals surface area (Å²) in [6.45, 7) is 4.73. The summed E-state index contributed by atoms with van der Waals surface area (Å²) in [5.74, 6) is 0.510. The highest BCUT2D eigenvalue weighted by Crippen LogP contribution is 2.21. The van der Waals surface area contributed by atoms with E-state index < -0.39 is 5.91 Å². The Kier molecular flexibility index (Phi) is 5.61. The third-order valence-corrected chi connectivity index (χ3v) is 4.18. The van der Waals surface area contributed by atoms with Crippen LogP contribution in [0.4, 0.5) is 5.69 Å². The lowest BCUT2D eigenvalue weighted by molar-refractivity contribution is -0.112. The van der Waals surface area contributed by atoms with Crippen LogP contribution in [0.25, 0.3) is 0 Å². The molecule has 1 amide bonds. The highest BCUT2D eigenvalue weighted by molar-refractivity contribution is 8.14. The van der Waals surface area contributed by atoms with E-state index in [1.54, 1.807) is 11.8 Å². The lowest BCUT2D eigenvalue weighted by Crippen LogP contribution is -2.19. The van der Waals surface area contributed by atoms with E-state index in [1.807, 2.05) is 38.1 Å². The number of carbonyl (C=O) groups excluding carboxylic acids is 1. The number of nitriles is 1. The highest BCUT2D eigenvalue weighted by atomic mass is 32.2. The summed E-state index contributed by atoms with van der Waals surface area (Å²) in [5, 5.41) is 15.7. The summed E-state index contributed by atoms with van der Waals surface area (Å²) in [7, 11) is 0. The van der Waals surface area contributed by atoms with E-state index in [4.69, 9.17) is 0 Å². The number of aliphatic imine (C=N–C) groups is 1. The number of nitrogens with one attached hydrogen (secondary N) is 2. The van der Waals surface area contributed by atoms with E-state index in [2.05, 4.69) is 15.6 Å². The molecular formula is C16H18N4OS. The number of aryl methyl sites for hydroxylation is 2. The second kappa shape index (κ2) is 7.66. The van der Waals surface area contributed by atoms with Crippen molar-refractivity contribution in [2.45, 2.75) is 20.3 Å². The molecule has 22 heavy (non-hydrogen) atoms. The van der Waals surface area contributed by atoms with Crippen molar-refractivity contribution in [2.24, 2.45) is 4.99 Å². The standard InChI is InChI=1S/C16H18N4OS/c1-3-12-6-4-5-11(2)14(12)20-15(21)13(9-17)10-19-16-18-7-8-22-16/h4-6,10H,3,7-8H2,1-2H3,(H,18,19)(H,20,21)/b13-10-. The molecule has 0 radical (unpaired) electrons. The molecule has 0 fully saturated rings. The van der Waals surface area contributed by atoms with E-state index >= 15 is 0 Å². The van der Waals surface area contributed by atoms with Gasteiger partial charge in [0.1, 0.15) is 11.6 Å². The maximum atomic E-state index is 12.3. The van der Waals surface area contributed by atoms with Gasteiger partial charge in [0.15, 0.2) is 5.17 Å². The Morgan fingerprint density at radius 1 is 1.55 bits per heavy atom. The van der Waals surface area contributed by atoms with Gasteiger partial charge in [-0.15, -0.1) is 0 Å². The first-order valence-electron chi connectivity index (χ1n) is 7.09. The van der Waals surface area contributed by atoms with Crippen LogP contribution in [0, 0.1) is 18.3 Å². The van der Waals surface area contributed by atoms with Crippen LogP contribution in [0.1, 0.15) is 18.1 Å². The van der Waals surface area contributed by atoms with Crippen molar-refractivity contribution < 1.29 is 4.79 Å². The molecule has 0 spiro atoms. The topological polar surface area (TPSA) is 77.3 Å². The summed E-state index contributed by atoms with van der Waals surface area (Å²) in [4.78, 5) is 16.5. The Labute approximate surface area is 134 Å². The molecule has 0 aliphatic carbocycles. The second-order valence-electron chi connectivity index (χ2n) is 4.77. The number of hydrogen-bond donors (Lipinski definition) is 2. The molecule has 1 heterocycles. The van der Waals surface area contributed by atoms with Crippen molar-refractivity contribution in [1.82, 2.24) is 5.32 Å². The molecule has 0 unspecified atom stereocenters. The Hall–Kier alpha value is -2.26. The molecule has 5 nitrogen and oxygen atoms in total. The van der Waals surface area contributed by atoms with Crippen molar-refractivity contribution in [3.8, 4) is 6.07 Å². The van der Waals surface area contributed by atoms with E-state index in [9.17, 15) is 10.1 Å². The lowest BCUT2D eigenvalue weighted by Gasteiger charge is -2.12. The Morgan fingerprint density at radius 2 is 2.36 bits per heavy atom. The van der Waals surface area contributed by atoms with Crippen LogP contribution in [0.2, 0.25) is 0 Å². The van der Waals surface area contributed by atoms with Crippen molar-refractivity contribution in [3.63, 3.8) is 0 Å². The minimum absolute atomic E-state index is 0.0282. The fraction of sp³-hybridized carbons (Fsp3) is 0.312. The number of nitrogens with zero attached hydrogens (tertiary/aromatic N) is 2. The van der Waals surface area contributed by atoms with Gasteiger partial charge in [0.05, 0.1) is 6.54 Å². The summed E-state index contributed by atoms with van der Waals surface area (Å²) >= 11 is 1.57. The van der Waals surface area contributed by atoms with Gasteiger partial charge in [-0.05, 0) is 24.5 Å². The fourth-order valence-electron chi connectivity index (χ4n) is 2.09. The molecule has 1 aliphatic heterocycles. The summed E-state index contributed by atoms with van der Waals surface area (Å²) in [6.07, 6.45) is 2.23. The second-order valence-corrected chi connectivity index (χ2v) is 5.85. The molecule has 0 bridgehead atoms. The van der Waals surface area contributed by atoms with Crippen LogP contribution in [-0.4, -0.2) is 23.4 Å². The van der Waals surface area contributed by atoms with Crippen molar-refractivity contribution in [1.29, 1.82) is 5.26 Å². The lowest BCUT2D eigenvalue weighted by atomic mass is 10.1. The maximum Gasteiger partial charge on any atom is 0.267 e. The molecule has 6 heteroatoms. The molecule has 0 atom stereocenters. The van der Waals surface area contributed by atoms with Gasteiger partial charge >= 0.3 is 0 Å². The number of para-hydroxylation sites is 1. The highest BCUT2D eigenvalue weighted by Gasteiger charge is 2.14. The maximum absolute atomic E-state index is 12.3. The van der Waals surface area contributed by atoms with Crippen molar-refractivity contribution >= 4 is 28.5 Å². The molecule has 1 aliphatic rings. The van der Waals surface area contributed by atoms with E-state index in [0.29, 0.717) is 0 Å². The van der Waals surface area contributed by atoms with Crippen molar-refractivity contribution in [3.05, 3.63) is 41.1 Å². The monoisotopic (exact) mass is 314 g/mol. The first kappa shape index (κ1) is 16.1. The molecule has 1 aromatic carbocycles. The normalized spacial score (nSPS) is 14.2. The number of benzene rings is 1. The van der Waals surface area contributed by atoms with Crippen molar-refractivity contribution in [2.75, 3.05) is 17.6 Å². The molecule has 2 rings (SSSR count). The van der Waals surface area contributed by atoms with Gasteiger partial charge in [0.2, 0.25) is 0 Å². The third-order valence-electron chi connectivity index (χ3n) is 3.27. The van der Waals surface area contributed by atoms with E-state index in [1.165, 1.54) is 6.20 Å². The van der Waals surface area contributed by atoms with Crippen LogP contribution in [-0.2, 0) is 11.2 Å². The zero-order chi connectivity index (χ0) is 15.9. The van der Waals surface area contributed by atoms with Crippen LogP contribution < -0.4 is 10.6 Å². The predicted molar refractivity (Wildman–Crippen MR) is 90.8 cm³/mol. The number of anilines is 1. The molecular weight excluding hydrogens is 296 g/mol. The Balaban J connectivity index is 2.13. The van der Waals surface area contributed by atoms with Crippen LogP contribution >= 0.6 is 11.8 Å². The smallest absolute Gasteiger partial charge is 0.267 e. The minimum Gasteiger partial charge on any atom is -0.340 e. The van der Waals surface area contributed by atoms with Gasteiger partial charge in [-0.1, -0.05) is 36.9 Å². The Bertz CT molecular complexity index is 673. The zero-order valence-electron chi connectivity index (χ0n) is 12.6. The number of rotatable bonds is 4. The number of thioether (sulfide) groups is 1. The van der Waals surface area contributed by atoms with Crippen LogP contribution in [0.3, 0.4) is 0 Å². The first-order chi connectivity index (χ1) is 10.7. The number of carbonyl (C=O) groups is 1. The Morgan fingerprint density at radius 3 is 3.00 bits per heavy atom. The van der Waals surface area contributed by atoms with E-state index in [-0.39, 0.29) is 5.57 Å². The van der Waals surface area contributed by atoms with Gasteiger partial charge in [0.25, 0.3) is 5.91 Å². The minimum atomic E-state index is -0.414. The predicted octanol–water partition coefficient (Wildman–Crippen LogP) is 2.60. The number of amides is 1. The molecule has 1 aromatic rings. The largest absolute Gasteiger partial charge is 0.340 e. The average Bonchev–Trinajstić information content (AvgIpc) is 3.03. The molecule has 114 valence electrons. The fourth-order valence-corrected chi connectivity index (χ4v) is 2.79. The number of amidine groups is 1. The quantitative estimate of drug-likeness (QED) is 0.661. The van der Waals surface area contributed by atoms with Gasteiger partial charge in [-0.2, -0.15) is 5.26 Å². The van der Waals surface area contributed by atoms with Gasteiger partial charge in [-0.3, -0.25) is 9.79 Å². The molecule has 2 N–H and O–H groups in total. The molecule has 0 aromatic heterocycles.